The number of nitrogens with zero attached hydrogens (tertiary/aromatic N) is 4. The summed E-state index contributed by atoms with van der Waals surface area (Å²) in [6.07, 6.45) is 5.08. The Morgan fingerprint density at radius 1 is 1.29 bits per heavy atom. The summed E-state index contributed by atoms with van der Waals surface area (Å²) in [6, 6.07) is 4.40. The number of nitriles is 1. The standard InChI is InChI=1S/C17H23N7/c1-11(2)21-16-15-12(8-14(9-18)22-16)10-20-17(24-15)23-13-4-3-6-19-7-5-13/h8,10-11,13,19H,3-7H2,1-2H3,(H,21,22)(H,20,23,24). The van der Waals surface area contributed by atoms with Gasteiger partial charge >= 0.3 is 0 Å². The lowest BCUT2D eigenvalue weighted by molar-refractivity contribution is 0.632. The van der Waals surface area contributed by atoms with Crippen LogP contribution in [-0.2, 0) is 0 Å². The maximum Gasteiger partial charge on any atom is 0.223 e. The van der Waals surface area contributed by atoms with E-state index in [4.69, 9.17) is 5.26 Å². The average molecular weight is 325 g/mol. The SMILES string of the molecule is CC(C)Nc1nc(C#N)cc2cnc(NC3CCCNCC3)nc12. The highest BCUT2D eigenvalue weighted by Gasteiger charge is 2.15. The molecular weight excluding hydrogens is 302 g/mol. The maximum absolute atomic E-state index is 9.15. The molecule has 3 rings (SSSR count). The summed E-state index contributed by atoms with van der Waals surface area (Å²) >= 11 is 0. The van der Waals surface area contributed by atoms with Crippen LogP contribution in [0.2, 0.25) is 0 Å². The lowest BCUT2D eigenvalue weighted by Gasteiger charge is -2.17. The number of hydrogen-bond donors (Lipinski definition) is 3. The van der Waals surface area contributed by atoms with Gasteiger partial charge in [-0.25, -0.2) is 15.0 Å². The predicted molar refractivity (Wildman–Crippen MR) is 94.9 cm³/mol. The van der Waals surface area contributed by atoms with Crippen LogP contribution in [0.25, 0.3) is 10.9 Å². The highest BCUT2D eigenvalue weighted by molar-refractivity contribution is 5.89. The Morgan fingerprint density at radius 3 is 2.96 bits per heavy atom. The van der Waals surface area contributed by atoms with Crippen LogP contribution in [-0.4, -0.2) is 40.1 Å². The van der Waals surface area contributed by atoms with Crippen molar-refractivity contribution in [2.75, 3.05) is 23.7 Å². The van der Waals surface area contributed by atoms with Gasteiger partial charge in [0.25, 0.3) is 0 Å². The molecule has 1 aliphatic rings. The van der Waals surface area contributed by atoms with Gasteiger partial charge in [0.05, 0.1) is 0 Å². The van der Waals surface area contributed by atoms with Crippen molar-refractivity contribution in [3.8, 4) is 6.07 Å². The van der Waals surface area contributed by atoms with Gasteiger partial charge in [-0.15, -0.1) is 0 Å². The first-order valence-electron chi connectivity index (χ1n) is 8.47. The first-order valence-corrected chi connectivity index (χ1v) is 8.47. The average Bonchev–Trinajstić information content (AvgIpc) is 2.83. The molecule has 0 aromatic carbocycles. The molecular formula is C17H23N7. The first-order chi connectivity index (χ1) is 11.7. The Balaban J connectivity index is 1.92. The van der Waals surface area contributed by atoms with Crippen molar-refractivity contribution in [1.29, 1.82) is 5.26 Å². The van der Waals surface area contributed by atoms with E-state index in [0.717, 1.165) is 43.3 Å². The molecule has 0 spiro atoms. The molecule has 7 heteroatoms. The molecule has 1 unspecified atom stereocenters. The summed E-state index contributed by atoms with van der Waals surface area (Å²) in [5.41, 5.74) is 1.11. The maximum atomic E-state index is 9.15. The van der Waals surface area contributed by atoms with E-state index in [1.54, 1.807) is 12.3 Å². The Labute approximate surface area is 141 Å². The van der Waals surface area contributed by atoms with Crippen molar-refractivity contribution in [2.45, 2.75) is 45.2 Å². The van der Waals surface area contributed by atoms with E-state index >= 15 is 0 Å². The van der Waals surface area contributed by atoms with E-state index in [2.05, 4.69) is 37.0 Å². The van der Waals surface area contributed by atoms with Gasteiger partial charge in [0, 0.05) is 23.7 Å². The molecule has 1 aliphatic heterocycles. The normalized spacial score (nSPS) is 18.2. The van der Waals surface area contributed by atoms with Crippen LogP contribution in [0.1, 0.15) is 38.8 Å². The van der Waals surface area contributed by atoms with E-state index in [1.165, 1.54) is 0 Å². The Hall–Kier alpha value is -2.46. The molecule has 1 atom stereocenters. The third-order valence-electron chi connectivity index (χ3n) is 4.01. The molecule has 126 valence electrons. The molecule has 2 aromatic heterocycles. The van der Waals surface area contributed by atoms with Crippen LogP contribution in [0.3, 0.4) is 0 Å². The van der Waals surface area contributed by atoms with Crippen molar-refractivity contribution in [3.63, 3.8) is 0 Å². The van der Waals surface area contributed by atoms with Gasteiger partial charge in [-0.2, -0.15) is 5.26 Å². The fourth-order valence-electron chi connectivity index (χ4n) is 2.89. The van der Waals surface area contributed by atoms with Crippen LogP contribution in [0.4, 0.5) is 11.8 Å². The minimum Gasteiger partial charge on any atom is -0.366 e. The zero-order valence-corrected chi connectivity index (χ0v) is 14.1. The molecule has 0 amide bonds. The monoisotopic (exact) mass is 325 g/mol. The molecule has 24 heavy (non-hydrogen) atoms. The van der Waals surface area contributed by atoms with Gasteiger partial charge in [-0.3, -0.25) is 0 Å². The van der Waals surface area contributed by atoms with Crippen LogP contribution < -0.4 is 16.0 Å². The number of fused-ring (bicyclic) bond motifs is 1. The second-order valence-corrected chi connectivity index (χ2v) is 6.42. The smallest absolute Gasteiger partial charge is 0.223 e. The number of rotatable bonds is 4. The molecule has 0 saturated carbocycles. The number of nitrogens with one attached hydrogen (secondary N) is 3. The molecule has 1 saturated heterocycles. The highest BCUT2D eigenvalue weighted by atomic mass is 15.1. The quantitative estimate of drug-likeness (QED) is 0.793. The van der Waals surface area contributed by atoms with Crippen molar-refractivity contribution in [3.05, 3.63) is 18.0 Å². The Bertz CT molecular complexity index is 742. The van der Waals surface area contributed by atoms with Crippen molar-refractivity contribution in [2.24, 2.45) is 0 Å². The third-order valence-corrected chi connectivity index (χ3v) is 4.01. The molecule has 3 heterocycles. The lowest BCUT2D eigenvalue weighted by atomic mass is 10.1. The second kappa shape index (κ2) is 7.41. The summed E-state index contributed by atoms with van der Waals surface area (Å²) in [5, 5.41) is 20.1. The zero-order valence-electron chi connectivity index (χ0n) is 14.1. The van der Waals surface area contributed by atoms with Crippen molar-refractivity contribution >= 4 is 22.7 Å². The minimum absolute atomic E-state index is 0.203. The molecule has 0 bridgehead atoms. The summed E-state index contributed by atoms with van der Waals surface area (Å²) < 4.78 is 0. The van der Waals surface area contributed by atoms with Gasteiger partial charge in [-0.05, 0) is 52.3 Å². The van der Waals surface area contributed by atoms with E-state index in [9.17, 15) is 0 Å². The zero-order chi connectivity index (χ0) is 16.9. The number of aromatic nitrogens is 3. The minimum atomic E-state index is 0.203. The van der Waals surface area contributed by atoms with Gasteiger partial charge < -0.3 is 16.0 Å². The lowest BCUT2D eigenvalue weighted by Crippen LogP contribution is -2.22. The molecule has 2 aromatic rings. The van der Waals surface area contributed by atoms with Crippen molar-refractivity contribution < 1.29 is 0 Å². The van der Waals surface area contributed by atoms with E-state index in [0.29, 0.717) is 23.5 Å². The first kappa shape index (κ1) is 16.4. The van der Waals surface area contributed by atoms with Gasteiger partial charge in [-0.1, -0.05) is 0 Å². The van der Waals surface area contributed by atoms with E-state index in [1.807, 2.05) is 13.8 Å². The van der Waals surface area contributed by atoms with Gasteiger partial charge in [0.1, 0.15) is 17.3 Å². The molecule has 0 radical (unpaired) electrons. The van der Waals surface area contributed by atoms with Crippen LogP contribution in [0, 0.1) is 11.3 Å². The summed E-state index contributed by atoms with van der Waals surface area (Å²) in [4.78, 5) is 13.4. The molecule has 7 nitrogen and oxygen atoms in total. The predicted octanol–water partition coefficient (Wildman–Crippen LogP) is 2.27. The van der Waals surface area contributed by atoms with E-state index in [-0.39, 0.29) is 6.04 Å². The second-order valence-electron chi connectivity index (χ2n) is 6.42. The largest absolute Gasteiger partial charge is 0.366 e. The van der Waals surface area contributed by atoms with Gasteiger partial charge in [0.15, 0.2) is 5.82 Å². The number of pyridine rings is 1. The fraction of sp³-hybridized carbons (Fsp3) is 0.529. The summed E-state index contributed by atoms with van der Waals surface area (Å²) in [5.74, 6) is 1.25. The topological polar surface area (TPSA) is 98.5 Å². The molecule has 3 N–H and O–H groups in total. The molecule has 0 aliphatic carbocycles. The fourth-order valence-corrected chi connectivity index (χ4v) is 2.89. The molecule has 1 fully saturated rings. The van der Waals surface area contributed by atoms with Crippen LogP contribution in [0.5, 0.6) is 0 Å². The van der Waals surface area contributed by atoms with Crippen LogP contribution >= 0.6 is 0 Å². The van der Waals surface area contributed by atoms with Crippen LogP contribution in [0.15, 0.2) is 12.3 Å². The highest BCUT2D eigenvalue weighted by Crippen LogP contribution is 2.22. The van der Waals surface area contributed by atoms with E-state index < -0.39 is 0 Å². The van der Waals surface area contributed by atoms with Gasteiger partial charge in [0.2, 0.25) is 5.95 Å². The number of hydrogen-bond acceptors (Lipinski definition) is 7. The van der Waals surface area contributed by atoms with Crippen molar-refractivity contribution in [1.82, 2.24) is 20.3 Å². The summed E-state index contributed by atoms with van der Waals surface area (Å²) in [6.45, 7) is 6.15. The third kappa shape index (κ3) is 3.89. The summed E-state index contributed by atoms with van der Waals surface area (Å²) in [7, 11) is 0. The Morgan fingerprint density at radius 2 is 2.17 bits per heavy atom. The number of anilines is 2. The Kier molecular flexibility index (Phi) is 5.06.